The molecular formula is C13H19N5O. The van der Waals surface area contributed by atoms with Crippen molar-refractivity contribution in [2.45, 2.75) is 33.7 Å². The molecule has 0 bridgehead atoms. The molecule has 0 aliphatic heterocycles. The van der Waals surface area contributed by atoms with Crippen molar-refractivity contribution in [3.8, 4) is 0 Å². The minimum Gasteiger partial charge on any atom is -0.352 e. The zero-order valence-electron chi connectivity index (χ0n) is 11.5. The lowest BCUT2D eigenvalue weighted by molar-refractivity contribution is 0.0952. The number of carbonyl (C=O) groups is 1. The van der Waals surface area contributed by atoms with Gasteiger partial charge in [-0.15, -0.1) is 0 Å². The van der Waals surface area contributed by atoms with Crippen LogP contribution in [0.25, 0.3) is 0 Å². The molecule has 19 heavy (non-hydrogen) atoms. The molecule has 2 heterocycles. The average molecular weight is 261 g/mol. The van der Waals surface area contributed by atoms with Crippen molar-refractivity contribution in [1.82, 2.24) is 25.3 Å². The van der Waals surface area contributed by atoms with Crippen molar-refractivity contribution in [3.05, 3.63) is 34.9 Å². The van der Waals surface area contributed by atoms with Gasteiger partial charge in [-0.25, -0.2) is 0 Å². The van der Waals surface area contributed by atoms with Gasteiger partial charge in [0.2, 0.25) is 0 Å². The molecule has 1 amide bonds. The Kier molecular flexibility index (Phi) is 3.99. The molecule has 2 aromatic rings. The Hall–Kier alpha value is -2.11. The molecule has 0 aromatic carbocycles. The van der Waals surface area contributed by atoms with E-state index >= 15 is 0 Å². The van der Waals surface area contributed by atoms with Crippen molar-refractivity contribution in [2.24, 2.45) is 0 Å². The van der Waals surface area contributed by atoms with Gasteiger partial charge in [-0.1, -0.05) is 0 Å². The minimum absolute atomic E-state index is 0.0837. The predicted molar refractivity (Wildman–Crippen MR) is 72.0 cm³/mol. The fourth-order valence-electron chi connectivity index (χ4n) is 2.01. The van der Waals surface area contributed by atoms with E-state index in [9.17, 15) is 4.79 Å². The van der Waals surface area contributed by atoms with E-state index in [0.717, 1.165) is 30.0 Å². The summed E-state index contributed by atoms with van der Waals surface area (Å²) in [6.45, 7) is 7.28. The smallest absolute Gasteiger partial charge is 0.254 e. The van der Waals surface area contributed by atoms with Crippen molar-refractivity contribution < 1.29 is 4.79 Å². The third-order valence-electron chi connectivity index (χ3n) is 3.01. The normalized spacial score (nSPS) is 10.7. The Labute approximate surface area is 112 Å². The summed E-state index contributed by atoms with van der Waals surface area (Å²) in [5.74, 6) is -0.0837. The van der Waals surface area contributed by atoms with E-state index in [0.29, 0.717) is 12.1 Å². The molecule has 0 radical (unpaired) electrons. The van der Waals surface area contributed by atoms with E-state index in [-0.39, 0.29) is 5.91 Å². The topological polar surface area (TPSA) is 75.6 Å². The van der Waals surface area contributed by atoms with Crippen LogP contribution in [-0.2, 0) is 6.54 Å². The van der Waals surface area contributed by atoms with Crippen molar-refractivity contribution in [2.75, 3.05) is 6.54 Å². The Morgan fingerprint density at radius 2 is 2.21 bits per heavy atom. The van der Waals surface area contributed by atoms with Crippen LogP contribution >= 0.6 is 0 Å². The molecule has 6 nitrogen and oxygen atoms in total. The van der Waals surface area contributed by atoms with Crippen LogP contribution in [0.5, 0.6) is 0 Å². The van der Waals surface area contributed by atoms with Crippen molar-refractivity contribution >= 4 is 5.91 Å². The van der Waals surface area contributed by atoms with E-state index in [2.05, 4.69) is 20.6 Å². The summed E-state index contributed by atoms with van der Waals surface area (Å²) >= 11 is 0. The van der Waals surface area contributed by atoms with Gasteiger partial charge in [0.25, 0.3) is 5.91 Å². The molecule has 102 valence electrons. The third-order valence-corrected chi connectivity index (χ3v) is 3.01. The first kappa shape index (κ1) is 13.3. The highest BCUT2D eigenvalue weighted by molar-refractivity contribution is 5.94. The van der Waals surface area contributed by atoms with Gasteiger partial charge in [-0.3, -0.25) is 14.6 Å². The lowest BCUT2D eigenvalue weighted by Crippen LogP contribution is -2.25. The largest absolute Gasteiger partial charge is 0.352 e. The average Bonchev–Trinajstić information content (AvgIpc) is 2.91. The Morgan fingerprint density at radius 3 is 2.79 bits per heavy atom. The van der Waals surface area contributed by atoms with Gasteiger partial charge in [0.1, 0.15) is 0 Å². The highest BCUT2D eigenvalue weighted by atomic mass is 16.1. The van der Waals surface area contributed by atoms with Gasteiger partial charge >= 0.3 is 0 Å². The number of rotatable bonds is 5. The number of aromatic nitrogens is 4. The molecule has 2 aromatic heterocycles. The van der Waals surface area contributed by atoms with Gasteiger partial charge in [0.05, 0.1) is 17.5 Å². The van der Waals surface area contributed by atoms with Gasteiger partial charge in [0.15, 0.2) is 0 Å². The van der Waals surface area contributed by atoms with Crippen LogP contribution in [-0.4, -0.2) is 32.4 Å². The summed E-state index contributed by atoms with van der Waals surface area (Å²) in [5, 5.41) is 13.8. The van der Waals surface area contributed by atoms with Gasteiger partial charge in [-0.2, -0.15) is 10.2 Å². The first-order valence-electron chi connectivity index (χ1n) is 6.37. The Morgan fingerprint density at radius 1 is 1.42 bits per heavy atom. The fourth-order valence-corrected chi connectivity index (χ4v) is 2.01. The Bertz CT molecular complexity index is 569. The quantitative estimate of drug-likeness (QED) is 0.798. The van der Waals surface area contributed by atoms with Crippen molar-refractivity contribution in [1.29, 1.82) is 0 Å². The van der Waals surface area contributed by atoms with Crippen LogP contribution in [0.4, 0.5) is 0 Å². The zero-order valence-corrected chi connectivity index (χ0v) is 11.5. The monoisotopic (exact) mass is 261 g/mol. The first-order chi connectivity index (χ1) is 9.08. The second kappa shape index (κ2) is 5.69. The molecule has 6 heteroatoms. The van der Waals surface area contributed by atoms with Gasteiger partial charge in [0, 0.05) is 24.5 Å². The van der Waals surface area contributed by atoms with Crippen LogP contribution in [0, 0.1) is 20.8 Å². The van der Waals surface area contributed by atoms with E-state index in [1.807, 2.05) is 31.5 Å². The van der Waals surface area contributed by atoms with Crippen molar-refractivity contribution in [3.63, 3.8) is 0 Å². The molecule has 0 unspecified atom stereocenters. The number of aryl methyl sites for hydroxylation is 4. The molecule has 0 fully saturated rings. The minimum atomic E-state index is -0.0837. The molecule has 0 aliphatic carbocycles. The summed E-state index contributed by atoms with van der Waals surface area (Å²) in [4.78, 5) is 11.8. The number of H-pyrrole nitrogens is 1. The van der Waals surface area contributed by atoms with E-state index in [1.165, 1.54) is 0 Å². The van der Waals surface area contributed by atoms with Gasteiger partial charge in [-0.05, 0) is 33.3 Å². The number of aromatic amines is 1. The van der Waals surface area contributed by atoms with E-state index < -0.39 is 0 Å². The second-order valence-electron chi connectivity index (χ2n) is 4.67. The molecule has 0 saturated heterocycles. The van der Waals surface area contributed by atoms with Gasteiger partial charge < -0.3 is 5.32 Å². The fraction of sp³-hybridized carbons (Fsp3) is 0.462. The molecule has 0 saturated carbocycles. The maximum absolute atomic E-state index is 11.8. The number of carbonyl (C=O) groups excluding carboxylic acids is 1. The second-order valence-corrected chi connectivity index (χ2v) is 4.67. The lowest BCUT2D eigenvalue weighted by atomic mass is 10.2. The maximum atomic E-state index is 11.8. The van der Waals surface area contributed by atoms with Crippen LogP contribution in [0.1, 0.15) is 33.9 Å². The summed E-state index contributed by atoms with van der Waals surface area (Å²) in [7, 11) is 0. The zero-order chi connectivity index (χ0) is 13.8. The number of hydrogen-bond acceptors (Lipinski definition) is 3. The lowest BCUT2D eigenvalue weighted by Gasteiger charge is -2.06. The van der Waals surface area contributed by atoms with E-state index in [1.54, 1.807) is 6.20 Å². The standard InChI is InChI=1S/C13H19N5O/c1-9-7-10(2)18(17-9)6-4-5-14-13(19)12-8-15-16-11(12)3/h7-8H,4-6H2,1-3H3,(H,14,19)(H,15,16). The summed E-state index contributed by atoms with van der Waals surface area (Å²) in [5.41, 5.74) is 3.56. The molecular weight excluding hydrogens is 242 g/mol. The predicted octanol–water partition coefficient (Wildman–Crippen LogP) is 1.35. The number of hydrogen-bond donors (Lipinski definition) is 2. The van der Waals surface area contributed by atoms with Crippen LogP contribution in [0.15, 0.2) is 12.3 Å². The van der Waals surface area contributed by atoms with E-state index in [4.69, 9.17) is 0 Å². The number of nitrogens with one attached hydrogen (secondary N) is 2. The summed E-state index contributed by atoms with van der Waals surface area (Å²) in [6, 6.07) is 2.05. The van der Waals surface area contributed by atoms with Crippen LogP contribution < -0.4 is 5.32 Å². The molecule has 0 aliphatic rings. The summed E-state index contributed by atoms with van der Waals surface area (Å²) in [6.07, 6.45) is 2.40. The molecule has 2 rings (SSSR count). The first-order valence-corrected chi connectivity index (χ1v) is 6.37. The summed E-state index contributed by atoms with van der Waals surface area (Å²) < 4.78 is 1.96. The molecule has 2 N–H and O–H groups in total. The number of nitrogens with zero attached hydrogens (tertiary/aromatic N) is 3. The molecule has 0 atom stereocenters. The van der Waals surface area contributed by atoms with Crippen LogP contribution in [0.2, 0.25) is 0 Å². The maximum Gasteiger partial charge on any atom is 0.254 e. The number of amides is 1. The highest BCUT2D eigenvalue weighted by Crippen LogP contribution is 2.03. The van der Waals surface area contributed by atoms with Crippen LogP contribution in [0.3, 0.4) is 0 Å². The molecule has 0 spiro atoms. The third kappa shape index (κ3) is 3.21. The Balaban J connectivity index is 1.77. The highest BCUT2D eigenvalue weighted by Gasteiger charge is 2.09. The SMILES string of the molecule is Cc1cc(C)n(CCCNC(=O)c2cn[nH]c2C)n1.